The molecule has 1 radical (unpaired) electrons. The van der Waals surface area contributed by atoms with E-state index in [9.17, 15) is 4.79 Å². The van der Waals surface area contributed by atoms with Gasteiger partial charge >= 0.3 is 0 Å². The molecule has 43 valence electrons. The maximum atomic E-state index is 10.4. The summed E-state index contributed by atoms with van der Waals surface area (Å²) in [5.74, 6) is -0.112. The Hall–Kier alpha value is -0.790. The number of nitrogens with zero attached hydrogens (tertiary/aromatic N) is 1. The molecule has 0 bridgehead atoms. The van der Waals surface area contributed by atoms with Crippen molar-refractivity contribution in [1.29, 1.82) is 0 Å². The minimum absolute atomic E-state index is 0.112. The van der Waals surface area contributed by atoms with Crippen molar-refractivity contribution in [3.05, 3.63) is 19.2 Å². The van der Waals surface area contributed by atoms with Gasteiger partial charge in [-0.25, -0.2) is 0 Å². The van der Waals surface area contributed by atoms with Gasteiger partial charge < -0.3 is 4.90 Å². The highest BCUT2D eigenvalue weighted by Gasteiger charge is 2.06. The Morgan fingerprint density at radius 2 is 2.50 bits per heavy atom. The molecule has 1 heterocycles. The van der Waals surface area contributed by atoms with Gasteiger partial charge in [0, 0.05) is 19.7 Å². The van der Waals surface area contributed by atoms with Crippen molar-refractivity contribution < 1.29 is 4.79 Å². The van der Waals surface area contributed by atoms with Gasteiger partial charge in [0.05, 0.1) is 0 Å². The molecule has 1 aliphatic heterocycles. The summed E-state index contributed by atoms with van der Waals surface area (Å²) in [5.41, 5.74) is 0. The van der Waals surface area contributed by atoms with E-state index in [2.05, 4.69) is 6.92 Å². The molecule has 0 aromatic carbocycles. The Morgan fingerprint density at radius 1 is 1.75 bits per heavy atom. The summed E-state index contributed by atoms with van der Waals surface area (Å²) in [6.07, 6.45) is 4.71. The molecule has 1 aliphatic rings. The van der Waals surface area contributed by atoms with E-state index in [4.69, 9.17) is 0 Å². The highest BCUT2D eigenvalue weighted by Crippen LogP contribution is 2.02. The van der Waals surface area contributed by atoms with Crippen molar-refractivity contribution in [3.63, 3.8) is 0 Å². The van der Waals surface area contributed by atoms with Gasteiger partial charge in [0.25, 0.3) is 0 Å². The van der Waals surface area contributed by atoms with Gasteiger partial charge in [-0.1, -0.05) is 6.08 Å². The lowest BCUT2D eigenvalue weighted by atomic mass is 10.5. The van der Waals surface area contributed by atoms with Crippen LogP contribution in [0, 0.1) is 6.92 Å². The average Bonchev–Trinajstić information content (AvgIpc) is 2.12. The molecule has 0 atom stereocenters. The number of amides is 1. The zero-order valence-electron chi connectivity index (χ0n) is 4.63. The normalized spacial score (nSPS) is 17.4. The van der Waals surface area contributed by atoms with Gasteiger partial charge in [-0.3, -0.25) is 4.79 Å². The predicted octanol–water partition coefficient (Wildman–Crippen LogP) is 0.566. The lowest BCUT2D eigenvalue weighted by Gasteiger charge is -2.07. The first-order valence-corrected chi connectivity index (χ1v) is 2.60. The maximum Gasteiger partial charge on any atom is 0.227 e. The van der Waals surface area contributed by atoms with Crippen LogP contribution in [-0.4, -0.2) is 17.4 Å². The summed E-state index contributed by atoms with van der Waals surface area (Å²) in [6.45, 7) is 4.06. The fourth-order valence-electron chi connectivity index (χ4n) is 0.698. The molecule has 8 heavy (non-hydrogen) atoms. The Kier molecular flexibility index (Phi) is 1.33. The summed E-state index contributed by atoms with van der Waals surface area (Å²) in [5, 5.41) is 0. The molecule has 0 saturated carbocycles. The van der Waals surface area contributed by atoms with Gasteiger partial charge in [0.1, 0.15) is 0 Å². The molecule has 2 heteroatoms. The first-order chi connectivity index (χ1) is 3.80. The summed E-state index contributed by atoms with van der Waals surface area (Å²) < 4.78 is 0. The van der Waals surface area contributed by atoms with Gasteiger partial charge in [-0.2, -0.15) is 0 Å². The Labute approximate surface area is 48.8 Å². The van der Waals surface area contributed by atoms with Crippen LogP contribution in [0.1, 0.15) is 6.42 Å². The first-order valence-electron chi connectivity index (χ1n) is 2.60. The van der Waals surface area contributed by atoms with E-state index in [1.807, 2.05) is 6.08 Å². The number of hydrogen-bond donors (Lipinski definition) is 0. The van der Waals surface area contributed by atoms with E-state index in [1.165, 1.54) is 0 Å². The van der Waals surface area contributed by atoms with Crippen LogP contribution in [0.5, 0.6) is 0 Å². The van der Waals surface area contributed by atoms with Gasteiger partial charge in [-0.05, 0) is 6.42 Å². The van der Waals surface area contributed by atoms with Crippen LogP contribution < -0.4 is 0 Å². The van der Waals surface area contributed by atoms with Crippen molar-refractivity contribution in [2.45, 2.75) is 6.42 Å². The predicted molar refractivity (Wildman–Crippen MR) is 30.8 cm³/mol. The topological polar surface area (TPSA) is 20.3 Å². The fourth-order valence-corrected chi connectivity index (χ4v) is 0.698. The largest absolute Gasteiger partial charge is 0.319 e. The smallest absolute Gasteiger partial charge is 0.227 e. The maximum absolute atomic E-state index is 10.4. The third kappa shape index (κ3) is 0.886. The Balaban J connectivity index is 2.48. The monoisotopic (exact) mass is 110 g/mol. The summed E-state index contributed by atoms with van der Waals surface area (Å²) in [4.78, 5) is 12.0. The second-order valence-electron chi connectivity index (χ2n) is 1.76. The molecular formula is C6H8NO. The van der Waals surface area contributed by atoms with Crippen LogP contribution >= 0.6 is 0 Å². The van der Waals surface area contributed by atoms with Gasteiger partial charge in [-0.15, -0.1) is 0 Å². The molecule has 2 nitrogen and oxygen atoms in total. The second-order valence-corrected chi connectivity index (χ2v) is 1.76. The Bertz CT molecular complexity index is 128. The SMILES string of the molecule is [CH2]C(=O)N1C=CCC1. The van der Waals surface area contributed by atoms with Crippen LogP contribution in [0.3, 0.4) is 0 Å². The molecule has 0 N–H and O–H groups in total. The Morgan fingerprint density at radius 3 is 2.75 bits per heavy atom. The highest BCUT2D eigenvalue weighted by molar-refractivity contribution is 5.81. The van der Waals surface area contributed by atoms with Gasteiger partial charge in [0.2, 0.25) is 5.91 Å². The lowest BCUT2D eigenvalue weighted by Crippen LogP contribution is -2.19. The molecule has 0 spiro atoms. The second kappa shape index (κ2) is 1.99. The van der Waals surface area contributed by atoms with E-state index in [0.29, 0.717) is 0 Å². The molecule has 0 aromatic rings. The van der Waals surface area contributed by atoms with E-state index < -0.39 is 0 Å². The van der Waals surface area contributed by atoms with E-state index in [1.54, 1.807) is 11.1 Å². The lowest BCUT2D eigenvalue weighted by molar-refractivity contribution is -0.123. The molecule has 0 aliphatic carbocycles. The van der Waals surface area contributed by atoms with Crippen LogP contribution in [0.2, 0.25) is 0 Å². The van der Waals surface area contributed by atoms with Gasteiger partial charge in [0.15, 0.2) is 0 Å². The molecular weight excluding hydrogens is 102 g/mol. The summed E-state index contributed by atoms with van der Waals surface area (Å²) >= 11 is 0. The average molecular weight is 110 g/mol. The first kappa shape index (κ1) is 5.35. The van der Waals surface area contributed by atoms with Crippen molar-refractivity contribution in [2.75, 3.05) is 6.54 Å². The van der Waals surface area contributed by atoms with E-state index >= 15 is 0 Å². The van der Waals surface area contributed by atoms with Crippen molar-refractivity contribution in [1.82, 2.24) is 4.90 Å². The number of carbonyl (C=O) groups excluding carboxylic acids is 1. The molecule has 1 rings (SSSR count). The van der Waals surface area contributed by atoms with Crippen molar-refractivity contribution in [2.24, 2.45) is 0 Å². The number of carbonyl (C=O) groups is 1. The minimum Gasteiger partial charge on any atom is -0.319 e. The van der Waals surface area contributed by atoms with E-state index in [0.717, 1.165) is 13.0 Å². The standard InChI is InChI=1S/C6H8NO/c1-6(8)7-4-2-3-5-7/h2,4H,1,3,5H2. The molecule has 0 unspecified atom stereocenters. The van der Waals surface area contributed by atoms with Crippen molar-refractivity contribution >= 4 is 5.91 Å². The molecule has 0 fully saturated rings. The van der Waals surface area contributed by atoms with E-state index in [-0.39, 0.29) is 5.91 Å². The minimum atomic E-state index is -0.112. The fraction of sp³-hybridized carbons (Fsp3) is 0.333. The number of hydrogen-bond acceptors (Lipinski definition) is 1. The van der Waals surface area contributed by atoms with Crippen molar-refractivity contribution in [3.8, 4) is 0 Å². The third-order valence-electron chi connectivity index (χ3n) is 1.14. The van der Waals surface area contributed by atoms with Crippen LogP contribution in [0.25, 0.3) is 0 Å². The molecule has 1 amide bonds. The molecule has 0 aromatic heterocycles. The summed E-state index contributed by atoms with van der Waals surface area (Å²) in [7, 11) is 0. The number of rotatable bonds is 0. The highest BCUT2D eigenvalue weighted by atomic mass is 16.2. The zero-order chi connectivity index (χ0) is 5.98. The van der Waals surface area contributed by atoms with Crippen LogP contribution in [0.15, 0.2) is 12.3 Å². The summed E-state index contributed by atoms with van der Waals surface area (Å²) in [6, 6.07) is 0. The van der Waals surface area contributed by atoms with Crippen LogP contribution in [0.4, 0.5) is 0 Å². The zero-order valence-corrected chi connectivity index (χ0v) is 4.63. The molecule has 0 saturated heterocycles. The third-order valence-corrected chi connectivity index (χ3v) is 1.14. The van der Waals surface area contributed by atoms with Crippen LogP contribution in [-0.2, 0) is 4.79 Å². The quantitative estimate of drug-likeness (QED) is 0.446.